The van der Waals surface area contributed by atoms with Gasteiger partial charge in [-0.25, -0.2) is 0 Å². The van der Waals surface area contributed by atoms with Crippen LogP contribution in [0.3, 0.4) is 0 Å². The highest BCUT2D eigenvalue weighted by molar-refractivity contribution is 8.00. The molecular weight excluding hydrogens is 563 g/mol. The van der Waals surface area contributed by atoms with Crippen LogP contribution >= 0.6 is 35.1 Å². The lowest BCUT2D eigenvalue weighted by molar-refractivity contribution is -0.114. The SMILES string of the molecule is CCSc1nsc(NC(=O)CSc2ccc(NC(=O)/C(=C/c3ccccc3C)NC(=O)c3ccccc3)cc2)n1. The van der Waals surface area contributed by atoms with E-state index in [-0.39, 0.29) is 23.3 Å². The minimum atomic E-state index is -0.454. The quantitative estimate of drug-likeness (QED) is 0.143. The third-order valence-corrected chi connectivity index (χ3v) is 7.91. The molecule has 1 aromatic heterocycles. The Labute approximate surface area is 245 Å². The van der Waals surface area contributed by atoms with Crippen LogP contribution < -0.4 is 16.0 Å². The number of carbonyl (C=O) groups is 3. The van der Waals surface area contributed by atoms with Crippen LogP contribution in [-0.2, 0) is 9.59 Å². The zero-order valence-corrected chi connectivity index (χ0v) is 24.3. The molecule has 3 N–H and O–H groups in total. The van der Waals surface area contributed by atoms with Gasteiger partial charge >= 0.3 is 0 Å². The third kappa shape index (κ3) is 8.54. The number of nitrogens with one attached hydrogen (secondary N) is 3. The molecule has 0 saturated carbocycles. The number of amides is 3. The number of thioether (sulfide) groups is 2. The van der Waals surface area contributed by atoms with Gasteiger partial charge in [-0.05, 0) is 66.3 Å². The summed E-state index contributed by atoms with van der Waals surface area (Å²) in [6.45, 7) is 3.95. The summed E-state index contributed by atoms with van der Waals surface area (Å²) >= 11 is 4.05. The van der Waals surface area contributed by atoms with Crippen LogP contribution in [0.2, 0.25) is 0 Å². The van der Waals surface area contributed by atoms with Crippen molar-refractivity contribution in [1.29, 1.82) is 0 Å². The van der Waals surface area contributed by atoms with Gasteiger partial charge in [0.1, 0.15) is 5.70 Å². The van der Waals surface area contributed by atoms with Gasteiger partial charge in [0.2, 0.25) is 16.2 Å². The van der Waals surface area contributed by atoms with E-state index in [1.807, 2.05) is 56.3 Å². The molecule has 0 bridgehead atoms. The number of benzene rings is 3. The summed E-state index contributed by atoms with van der Waals surface area (Å²) in [5.74, 6) is 0.0607. The first-order chi connectivity index (χ1) is 19.4. The van der Waals surface area contributed by atoms with E-state index in [2.05, 4.69) is 25.3 Å². The molecule has 0 aliphatic heterocycles. The van der Waals surface area contributed by atoms with Crippen molar-refractivity contribution in [1.82, 2.24) is 14.7 Å². The van der Waals surface area contributed by atoms with Crippen LogP contribution in [-0.4, -0.2) is 38.6 Å². The molecule has 0 radical (unpaired) electrons. The van der Waals surface area contributed by atoms with Crippen LogP contribution in [0.5, 0.6) is 0 Å². The van der Waals surface area contributed by atoms with Crippen molar-refractivity contribution < 1.29 is 14.4 Å². The smallest absolute Gasteiger partial charge is 0.272 e. The first kappa shape index (κ1) is 29.1. The second kappa shape index (κ2) is 14.5. The summed E-state index contributed by atoms with van der Waals surface area (Å²) in [6.07, 6.45) is 1.66. The molecule has 0 aliphatic carbocycles. The average Bonchev–Trinajstić information content (AvgIpc) is 3.40. The molecule has 1 heterocycles. The third-order valence-electron chi connectivity index (χ3n) is 5.43. The van der Waals surface area contributed by atoms with Crippen LogP contribution in [0.15, 0.2) is 94.6 Å². The maximum Gasteiger partial charge on any atom is 0.272 e. The Morgan fingerprint density at radius 2 is 1.62 bits per heavy atom. The molecule has 0 aliphatic rings. The fourth-order valence-electron chi connectivity index (χ4n) is 3.43. The largest absolute Gasteiger partial charge is 0.321 e. The predicted octanol–water partition coefficient (Wildman–Crippen LogP) is 6.10. The van der Waals surface area contributed by atoms with Crippen molar-refractivity contribution >= 4 is 69.7 Å². The number of hydrogen-bond acceptors (Lipinski definition) is 8. The van der Waals surface area contributed by atoms with E-state index in [1.165, 1.54) is 23.5 Å². The number of aryl methyl sites for hydroxylation is 1. The van der Waals surface area contributed by atoms with Crippen LogP contribution in [0.4, 0.5) is 10.8 Å². The fourth-order valence-corrected chi connectivity index (χ4v) is 5.42. The highest BCUT2D eigenvalue weighted by Crippen LogP contribution is 2.23. The van der Waals surface area contributed by atoms with Crippen molar-refractivity contribution in [3.05, 3.63) is 101 Å². The minimum absolute atomic E-state index is 0.121. The van der Waals surface area contributed by atoms with E-state index >= 15 is 0 Å². The van der Waals surface area contributed by atoms with Crippen molar-refractivity contribution in [2.45, 2.75) is 23.9 Å². The molecule has 40 heavy (non-hydrogen) atoms. The molecule has 0 unspecified atom stereocenters. The van der Waals surface area contributed by atoms with E-state index in [0.29, 0.717) is 21.5 Å². The molecule has 0 spiro atoms. The first-order valence-electron chi connectivity index (χ1n) is 12.4. The molecule has 4 rings (SSSR count). The summed E-state index contributed by atoms with van der Waals surface area (Å²) in [4.78, 5) is 43.5. The Morgan fingerprint density at radius 1 is 0.900 bits per heavy atom. The van der Waals surface area contributed by atoms with Crippen molar-refractivity contribution in [3.63, 3.8) is 0 Å². The molecular formula is C29H27N5O3S3. The highest BCUT2D eigenvalue weighted by atomic mass is 32.2. The number of rotatable bonds is 11. The number of nitrogens with zero attached hydrogens (tertiary/aromatic N) is 2. The van der Waals surface area contributed by atoms with Gasteiger partial charge in [0, 0.05) is 27.7 Å². The summed E-state index contributed by atoms with van der Waals surface area (Å²) in [7, 11) is 0. The zero-order valence-electron chi connectivity index (χ0n) is 21.8. The maximum atomic E-state index is 13.2. The molecule has 0 saturated heterocycles. The zero-order chi connectivity index (χ0) is 28.3. The van der Waals surface area contributed by atoms with Gasteiger partial charge in [0.15, 0.2) is 0 Å². The van der Waals surface area contributed by atoms with Crippen molar-refractivity contribution in [3.8, 4) is 0 Å². The second-order valence-corrected chi connectivity index (χ2v) is 11.4. The highest BCUT2D eigenvalue weighted by Gasteiger charge is 2.16. The molecule has 204 valence electrons. The molecule has 8 nitrogen and oxygen atoms in total. The fraction of sp³-hybridized carbons (Fsp3) is 0.138. The standard InChI is InChI=1S/C29H27N5O3S3/c1-3-38-29-33-28(40-34-29)32-25(35)18-39-23-15-13-22(14-16-23)30-27(37)24(17-21-12-8-7-9-19(21)2)31-26(36)20-10-5-4-6-11-20/h4-17H,3,18H2,1-2H3,(H,30,37)(H,31,36)(H,32,33,34,35)/b24-17-. The number of carbonyl (C=O) groups excluding carboxylic acids is 3. The molecule has 11 heteroatoms. The van der Waals surface area contributed by atoms with Gasteiger partial charge in [-0.1, -0.05) is 61.2 Å². The lowest BCUT2D eigenvalue weighted by Gasteiger charge is -2.12. The van der Waals surface area contributed by atoms with Gasteiger partial charge in [-0.3, -0.25) is 19.7 Å². The van der Waals surface area contributed by atoms with Gasteiger partial charge in [-0.2, -0.15) is 9.36 Å². The van der Waals surface area contributed by atoms with Crippen LogP contribution in [0, 0.1) is 6.92 Å². The Balaban J connectivity index is 1.38. The molecule has 3 amide bonds. The second-order valence-electron chi connectivity index (χ2n) is 8.37. The van der Waals surface area contributed by atoms with E-state index in [0.717, 1.165) is 33.3 Å². The lowest BCUT2D eigenvalue weighted by Crippen LogP contribution is -2.30. The average molecular weight is 590 g/mol. The van der Waals surface area contributed by atoms with Crippen molar-refractivity contribution in [2.75, 3.05) is 22.1 Å². The van der Waals surface area contributed by atoms with Crippen LogP contribution in [0.25, 0.3) is 6.08 Å². The molecule has 3 aromatic carbocycles. The summed E-state index contributed by atoms with van der Waals surface area (Å²) in [5, 5.41) is 9.51. The predicted molar refractivity (Wildman–Crippen MR) is 164 cm³/mol. The van der Waals surface area contributed by atoms with Gasteiger partial charge in [-0.15, -0.1) is 11.8 Å². The van der Waals surface area contributed by atoms with Gasteiger partial charge in [0.05, 0.1) is 5.75 Å². The normalized spacial score (nSPS) is 11.1. The van der Waals surface area contributed by atoms with Crippen molar-refractivity contribution in [2.24, 2.45) is 0 Å². The molecule has 4 aromatic rings. The van der Waals surface area contributed by atoms with Crippen LogP contribution in [0.1, 0.15) is 28.4 Å². The Kier molecular flexibility index (Phi) is 10.5. The Bertz CT molecular complexity index is 1500. The Morgan fingerprint density at radius 3 is 2.35 bits per heavy atom. The van der Waals surface area contributed by atoms with E-state index in [1.54, 1.807) is 42.5 Å². The van der Waals surface area contributed by atoms with E-state index in [4.69, 9.17) is 0 Å². The minimum Gasteiger partial charge on any atom is -0.321 e. The topological polar surface area (TPSA) is 113 Å². The number of anilines is 2. The molecule has 0 atom stereocenters. The lowest BCUT2D eigenvalue weighted by atomic mass is 10.1. The summed E-state index contributed by atoms with van der Waals surface area (Å²) < 4.78 is 4.19. The van der Waals surface area contributed by atoms with E-state index in [9.17, 15) is 14.4 Å². The number of hydrogen-bond donors (Lipinski definition) is 3. The summed E-state index contributed by atoms with van der Waals surface area (Å²) in [6, 6.07) is 23.5. The maximum absolute atomic E-state index is 13.2. The van der Waals surface area contributed by atoms with Gasteiger partial charge in [0.25, 0.3) is 11.8 Å². The number of aromatic nitrogens is 2. The first-order valence-corrected chi connectivity index (χ1v) is 15.1. The summed E-state index contributed by atoms with van der Waals surface area (Å²) in [5.41, 5.74) is 2.91. The van der Waals surface area contributed by atoms with Gasteiger partial charge < -0.3 is 10.6 Å². The Hall–Kier alpha value is -3.93. The monoisotopic (exact) mass is 589 g/mol. The van der Waals surface area contributed by atoms with E-state index < -0.39 is 5.91 Å². The molecule has 0 fully saturated rings.